The maximum atomic E-state index is 13.0. The molecule has 0 spiro atoms. The largest absolute Gasteiger partial charge is 0.417 e. The van der Waals surface area contributed by atoms with Crippen LogP contribution in [0.3, 0.4) is 0 Å². The number of halogens is 3. The van der Waals surface area contributed by atoms with Gasteiger partial charge in [-0.1, -0.05) is 12.1 Å². The molecule has 0 aliphatic heterocycles. The van der Waals surface area contributed by atoms with Crippen molar-refractivity contribution in [3.8, 4) is 5.95 Å². The van der Waals surface area contributed by atoms with E-state index in [0.29, 0.717) is 5.95 Å². The Morgan fingerprint density at radius 1 is 1.12 bits per heavy atom. The number of nitrogens with zero attached hydrogens (tertiary/aromatic N) is 4. The van der Waals surface area contributed by atoms with Gasteiger partial charge in [0.25, 0.3) is 11.9 Å². The van der Waals surface area contributed by atoms with Crippen LogP contribution in [-0.2, 0) is 6.18 Å². The van der Waals surface area contributed by atoms with Gasteiger partial charge in [-0.25, -0.2) is 14.6 Å². The van der Waals surface area contributed by atoms with Gasteiger partial charge >= 0.3 is 6.18 Å². The number of anilines is 1. The van der Waals surface area contributed by atoms with Crippen molar-refractivity contribution in [1.29, 1.82) is 0 Å². The lowest BCUT2D eigenvalue weighted by Crippen LogP contribution is -2.19. The first-order chi connectivity index (χ1) is 12.3. The molecule has 9 heteroatoms. The van der Waals surface area contributed by atoms with Gasteiger partial charge in [-0.15, -0.1) is 0 Å². The van der Waals surface area contributed by atoms with E-state index < -0.39 is 23.2 Å². The van der Waals surface area contributed by atoms with Gasteiger partial charge in [-0.2, -0.15) is 18.3 Å². The van der Waals surface area contributed by atoms with Crippen LogP contribution in [0.1, 0.15) is 27.3 Å². The SMILES string of the molecule is Cc1cc(C)n(-c2ncc(NC(=O)c3ccccc3C(F)(F)F)cn2)n1. The van der Waals surface area contributed by atoms with Gasteiger partial charge in [0, 0.05) is 5.69 Å². The standard InChI is InChI=1S/C17H14F3N5O/c1-10-7-11(2)25(24-10)16-21-8-12(9-22-16)23-15(26)13-5-3-4-6-14(13)17(18,19)20/h3-9H,1-2H3,(H,23,26). The third kappa shape index (κ3) is 3.56. The minimum Gasteiger partial charge on any atom is -0.319 e. The van der Waals surface area contributed by atoms with Crippen molar-refractivity contribution in [3.63, 3.8) is 0 Å². The lowest BCUT2D eigenvalue weighted by molar-refractivity contribution is -0.137. The number of rotatable bonds is 3. The fourth-order valence-electron chi connectivity index (χ4n) is 2.45. The monoisotopic (exact) mass is 361 g/mol. The van der Waals surface area contributed by atoms with Crippen LogP contribution in [0.15, 0.2) is 42.7 Å². The minimum absolute atomic E-state index is 0.178. The molecule has 26 heavy (non-hydrogen) atoms. The fourth-order valence-corrected chi connectivity index (χ4v) is 2.45. The molecule has 1 aromatic carbocycles. The van der Waals surface area contributed by atoms with E-state index in [2.05, 4.69) is 20.4 Å². The molecule has 3 rings (SSSR count). The van der Waals surface area contributed by atoms with Crippen molar-refractivity contribution in [2.45, 2.75) is 20.0 Å². The summed E-state index contributed by atoms with van der Waals surface area (Å²) < 4.78 is 40.6. The zero-order valence-corrected chi connectivity index (χ0v) is 13.9. The Morgan fingerprint density at radius 2 is 1.77 bits per heavy atom. The topological polar surface area (TPSA) is 72.7 Å². The fraction of sp³-hybridized carbons (Fsp3) is 0.176. The maximum absolute atomic E-state index is 13.0. The molecule has 1 amide bonds. The summed E-state index contributed by atoms with van der Waals surface area (Å²) in [5, 5.41) is 6.61. The molecule has 0 radical (unpaired) electrons. The van der Waals surface area contributed by atoms with E-state index in [-0.39, 0.29) is 5.69 Å². The molecule has 134 valence electrons. The summed E-state index contributed by atoms with van der Waals surface area (Å²) >= 11 is 0. The molecule has 0 bridgehead atoms. The molecule has 2 aromatic heterocycles. The van der Waals surface area contributed by atoms with E-state index in [1.54, 1.807) is 0 Å². The number of alkyl halides is 3. The van der Waals surface area contributed by atoms with E-state index in [0.717, 1.165) is 23.5 Å². The lowest BCUT2D eigenvalue weighted by atomic mass is 10.1. The Balaban J connectivity index is 1.82. The van der Waals surface area contributed by atoms with Crippen molar-refractivity contribution in [1.82, 2.24) is 19.7 Å². The van der Waals surface area contributed by atoms with Gasteiger partial charge < -0.3 is 5.32 Å². The smallest absolute Gasteiger partial charge is 0.319 e. The number of benzene rings is 1. The minimum atomic E-state index is -4.62. The Hall–Kier alpha value is -3.23. The van der Waals surface area contributed by atoms with Gasteiger partial charge in [0.2, 0.25) is 0 Å². The molecule has 0 saturated heterocycles. The van der Waals surface area contributed by atoms with E-state index in [1.165, 1.54) is 29.2 Å². The summed E-state index contributed by atoms with van der Waals surface area (Å²) in [6.45, 7) is 3.67. The first kappa shape index (κ1) is 17.6. The highest BCUT2D eigenvalue weighted by Gasteiger charge is 2.34. The molecule has 0 aliphatic rings. The molecule has 6 nitrogen and oxygen atoms in total. The molecule has 1 N–H and O–H groups in total. The van der Waals surface area contributed by atoms with Crippen molar-refractivity contribution in [2.24, 2.45) is 0 Å². The molecule has 0 atom stereocenters. The summed E-state index contributed by atoms with van der Waals surface area (Å²) in [5.41, 5.74) is 0.336. The number of aryl methyl sites for hydroxylation is 2. The Kier molecular flexibility index (Phi) is 4.45. The first-order valence-corrected chi connectivity index (χ1v) is 7.59. The van der Waals surface area contributed by atoms with E-state index in [1.807, 2.05) is 19.9 Å². The molecular weight excluding hydrogens is 347 g/mol. The van der Waals surface area contributed by atoms with Crippen LogP contribution in [0.5, 0.6) is 0 Å². The first-order valence-electron chi connectivity index (χ1n) is 7.59. The number of carbonyl (C=O) groups excluding carboxylic acids is 1. The van der Waals surface area contributed by atoms with Gasteiger partial charge in [-0.3, -0.25) is 4.79 Å². The zero-order valence-electron chi connectivity index (χ0n) is 13.9. The van der Waals surface area contributed by atoms with Crippen molar-refractivity contribution in [3.05, 3.63) is 65.2 Å². The van der Waals surface area contributed by atoms with E-state index in [9.17, 15) is 18.0 Å². The number of hydrogen-bond donors (Lipinski definition) is 1. The molecule has 0 unspecified atom stereocenters. The van der Waals surface area contributed by atoms with Crippen molar-refractivity contribution in [2.75, 3.05) is 5.32 Å². The van der Waals surface area contributed by atoms with E-state index >= 15 is 0 Å². The summed E-state index contributed by atoms with van der Waals surface area (Å²) in [6, 6.07) is 6.42. The van der Waals surface area contributed by atoms with Crippen molar-refractivity contribution >= 4 is 11.6 Å². The molecule has 0 aliphatic carbocycles. The molecule has 3 aromatic rings. The highest BCUT2D eigenvalue weighted by molar-refractivity contribution is 6.05. The quantitative estimate of drug-likeness (QED) is 0.774. The lowest BCUT2D eigenvalue weighted by Gasteiger charge is -2.12. The van der Waals surface area contributed by atoms with E-state index in [4.69, 9.17) is 0 Å². The second-order valence-electron chi connectivity index (χ2n) is 5.61. The molecular formula is C17H14F3N5O. The predicted octanol–water partition coefficient (Wildman–Crippen LogP) is 3.55. The number of amides is 1. The highest BCUT2D eigenvalue weighted by Crippen LogP contribution is 2.32. The third-order valence-electron chi connectivity index (χ3n) is 3.57. The van der Waals surface area contributed by atoms with Gasteiger partial charge in [0.1, 0.15) is 0 Å². The molecule has 0 fully saturated rings. The zero-order chi connectivity index (χ0) is 18.9. The predicted molar refractivity (Wildman–Crippen MR) is 88.0 cm³/mol. The Labute approximate surface area is 146 Å². The normalized spacial score (nSPS) is 11.4. The highest BCUT2D eigenvalue weighted by atomic mass is 19.4. The maximum Gasteiger partial charge on any atom is 0.417 e. The van der Waals surface area contributed by atoms with Crippen LogP contribution in [0.25, 0.3) is 5.95 Å². The van der Waals surface area contributed by atoms with Crippen LogP contribution in [0, 0.1) is 13.8 Å². The number of carbonyl (C=O) groups is 1. The molecule has 2 heterocycles. The second-order valence-corrected chi connectivity index (χ2v) is 5.61. The average Bonchev–Trinajstić information content (AvgIpc) is 2.93. The van der Waals surface area contributed by atoms with Gasteiger partial charge in [-0.05, 0) is 32.0 Å². The van der Waals surface area contributed by atoms with Gasteiger partial charge in [0.05, 0.1) is 34.9 Å². The number of aromatic nitrogens is 4. The average molecular weight is 361 g/mol. The van der Waals surface area contributed by atoms with Crippen LogP contribution < -0.4 is 5.32 Å². The summed E-state index contributed by atoms with van der Waals surface area (Å²) in [4.78, 5) is 20.4. The van der Waals surface area contributed by atoms with Crippen LogP contribution in [0.2, 0.25) is 0 Å². The Morgan fingerprint density at radius 3 is 2.35 bits per heavy atom. The van der Waals surface area contributed by atoms with Crippen LogP contribution in [0.4, 0.5) is 18.9 Å². The van der Waals surface area contributed by atoms with Gasteiger partial charge in [0.15, 0.2) is 0 Å². The van der Waals surface area contributed by atoms with Crippen LogP contribution in [-0.4, -0.2) is 25.7 Å². The molecule has 0 saturated carbocycles. The summed E-state index contributed by atoms with van der Waals surface area (Å²) in [5.74, 6) is -0.593. The second kappa shape index (κ2) is 6.58. The summed E-state index contributed by atoms with van der Waals surface area (Å²) in [6.07, 6.45) is -2.00. The third-order valence-corrected chi connectivity index (χ3v) is 3.57. The summed E-state index contributed by atoms with van der Waals surface area (Å²) in [7, 11) is 0. The number of nitrogens with one attached hydrogen (secondary N) is 1. The van der Waals surface area contributed by atoms with Crippen molar-refractivity contribution < 1.29 is 18.0 Å². The number of hydrogen-bond acceptors (Lipinski definition) is 4. The Bertz CT molecular complexity index is 948. The van der Waals surface area contributed by atoms with Crippen LogP contribution >= 0.6 is 0 Å².